The SMILES string of the molecule is C=CC(C)c1cc(Br)ccc1OC(F)F. The van der Waals surface area contributed by atoms with E-state index in [1.54, 1.807) is 18.2 Å². The van der Waals surface area contributed by atoms with Gasteiger partial charge in [-0.3, -0.25) is 0 Å². The molecular weight excluding hydrogens is 266 g/mol. The topological polar surface area (TPSA) is 9.23 Å². The molecule has 0 spiro atoms. The zero-order valence-electron chi connectivity index (χ0n) is 8.21. The van der Waals surface area contributed by atoms with E-state index in [0.29, 0.717) is 5.56 Å². The standard InChI is InChI=1S/C11H11BrF2O/c1-3-7(2)9-6-8(12)4-5-10(9)15-11(13)14/h3-7,11H,1H2,2H3. The molecule has 0 aromatic heterocycles. The van der Waals surface area contributed by atoms with Crippen LogP contribution in [0.2, 0.25) is 0 Å². The van der Waals surface area contributed by atoms with Gasteiger partial charge in [0.25, 0.3) is 0 Å². The molecule has 4 heteroatoms. The number of ether oxygens (including phenoxy) is 1. The largest absolute Gasteiger partial charge is 0.435 e. The number of halogens is 3. The predicted octanol–water partition coefficient (Wildman–Crippen LogP) is 4.34. The number of alkyl halides is 2. The minimum absolute atomic E-state index is 0.0312. The summed E-state index contributed by atoms with van der Waals surface area (Å²) >= 11 is 3.28. The molecular formula is C11H11BrF2O. The van der Waals surface area contributed by atoms with Crippen molar-refractivity contribution in [2.24, 2.45) is 0 Å². The normalized spacial score (nSPS) is 12.6. The third-order valence-electron chi connectivity index (χ3n) is 2.03. The van der Waals surface area contributed by atoms with E-state index in [1.165, 1.54) is 6.07 Å². The van der Waals surface area contributed by atoms with Crippen LogP contribution in [0.25, 0.3) is 0 Å². The number of benzene rings is 1. The van der Waals surface area contributed by atoms with Crippen molar-refractivity contribution in [2.45, 2.75) is 19.5 Å². The summed E-state index contributed by atoms with van der Waals surface area (Å²) in [6, 6.07) is 4.94. The molecule has 0 bridgehead atoms. The molecule has 0 radical (unpaired) electrons. The molecule has 1 aromatic carbocycles. The van der Waals surface area contributed by atoms with Crippen molar-refractivity contribution in [1.29, 1.82) is 0 Å². The van der Waals surface area contributed by atoms with Gasteiger partial charge in [-0.25, -0.2) is 0 Å². The van der Waals surface area contributed by atoms with E-state index in [0.717, 1.165) is 4.47 Å². The number of hydrogen-bond donors (Lipinski definition) is 0. The molecule has 1 unspecified atom stereocenters. The second-order valence-corrected chi connectivity index (χ2v) is 4.00. The lowest BCUT2D eigenvalue weighted by molar-refractivity contribution is -0.0505. The minimum Gasteiger partial charge on any atom is -0.435 e. The van der Waals surface area contributed by atoms with Crippen molar-refractivity contribution in [2.75, 3.05) is 0 Å². The van der Waals surface area contributed by atoms with Gasteiger partial charge in [0.05, 0.1) is 0 Å². The Kier molecular flexibility index (Phi) is 4.27. The molecule has 1 aromatic rings. The van der Waals surface area contributed by atoms with Gasteiger partial charge in [0.2, 0.25) is 0 Å². The van der Waals surface area contributed by atoms with Crippen molar-refractivity contribution in [3.8, 4) is 5.75 Å². The van der Waals surface area contributed by atoms with Crippen molar-refractivity contribution in [3.63, 3.8) is 0 Å². The van der Waals surface area contributed by atoms with Crippen LogP contribution in [0.15, 0.2) is 35.3 Å². The van der Waals surface area contributed by atoms with Crippen LogP contribution in [0.3, 0.4) is 0 Å². The Balaban J connectivity index is 3.08. The lowest BCUT2D eigenvalue weighted by Gasteiger charge is -2.14. The van der Waals surface area contributed by atoms with Gasteiger partial charge in [-0.1, -0.05) is 28.9 Å². The Bertz CT molecular complexity index is 352. The number of allylic oxidation sites excluding steroid dienone is 1. The fourth-order valence-electron chi connectivity index (χ4n) is 1.21. The van der Waals surface area contributed by atoms with Gasteiger partial charge in [-0.15, -0.1) is 6.58 Å². The van der Waals surface area contributed by atoms with E-state index >= 15 is 0 Å². The molecule has 1 rings (SSSR count). The first-order valence-corrected chi connectivity index (χ1v) is 5.20. The van der Waals surface area contributed by atoms with E-state index < -0.39 is 6.61 Å². The summed E-state index contributed by atoms with van der Waals surface area (Å²) in [6.07, 6.45) is 1.68. The molecule has 0 aliphatic rings. The van der Waals surface area contributed by atoms with Gasteiger partial charge >= 0.3 is 6.61 Å². The molecule has 0 saturated carbocycles. The van der Waals surface area contributed by atoms with E-state index in [-0.39, 0.29) is 11.7 Å². The summed E-state index contributed by atoms with van der Waals surface area (Å²) in [6.45, 7) is 2.69. The van der Waals surface area contributed by atoms with Gasteiger partial charge in [-0.2, -0.15) is 8.78 Å². The van der Waals surface area contributed by atoms with Crippen LogP contribution < -0.4 is 4.74 Å². The molecule has 0 amide bonds. The predicted molar refractivity (Wildman–Crippen MR) is 59.4 cm³/mol. The highest BCUT2D eigenvalue weighted by molar-refractivity contribution is 9.10. The highest BCUT2D eigenvalue weighted by Gasteiger charge is 2.13. The molecule has 82 valence electrons. The maximum absolute atomic E-state index is 12.1. The lowest BCUT2D eigenvalue weighted by Crippen LogP contribution is -2.05. The smallest absolute Gasteiger partial charge is 0.387 e. The summed E-state index contributed by atoms with van der Waals surface area (Å²) in [5.41, 5.74) is 0.694. The van der Waals surface area contributed by atoms with Crippen LogP contribution in [0, 0.1) is 0 Å². The van der Waals surface area contributed by atoms with E-state index in [9.17, 15) is 8.78 Å². The fraction of sp³-hybridized carbons (Fsp3) is 0.273. The Morgan fingerprint density at radius 3 is 2.67 bits per heavy atom. The molecule has 0 N–H and O–H groups in total. The average Bonchev–Trinajstić information content (AvgIpc) is 2.19. The summed E-state index contributed by atoms with van der Waals surface area (Å²) in [7, 11) is 0. The second-order valence-electron chi connectivity index (χ2n) is 3.09. The molecule has 0 aliphatic carbocycles. The Hall–Kier alpha value is -0.900. The maximum atomic E-state index is 12.1. The second kappa shape index (κ2) is 5.26. The first-order chi connectivity index (χ1) is 7.04. The fourth-order valence-corrected chi connectivity index (χ4v) is 1.58. The van der Waals surface area contributed by atoms with Gasteiger partial charge in [0.15, 0.2) is 0 Å². The highest BCUT2D eigenvalue weighted by atomic mass is 79.9. The van der Waals surface area contributed by atoms with Crippen molar-refractivity contribution < 1.29 is 13.5 Å². The molecule has 1 nitrogen and oxygen atoms in total. The van der Waals surface area contributed by atoms with E-state index in [1.807, 2.05) is 6.92 Å². The van der Waals surface area contributed by atoms with Crippen molar-refractivity contribution >= 4 is 15.9 Å². The lowest BCUT2D eigenvalue weighted by atomic mass is 10.0. The van der Waals surface area contributed by atoms with Gasteiger partial charge in [0, 0.05) is 16.0 Å². The van der Waals surface area contributed by atoms with Gasteiger partial charge in [0.1, 0.15) is 5.75 Å². The van der Waals surface area contributed by atoms with Crippen LogP contribution in [0.4, 0.5) is 8.78 Å². The monoisotopic (exact) mass is 276 g/mol. The Morgan fingerprint density at radius 2 is 2.13 bits per heavy atom. The summed E-state index contributed by atoms with van der Waals surface area (Å²) in [5, 5.41) is 0. The van der Waals surface area contributed by atoms with E-state index in [4.69, 9.17) is 0 Å². The summed E-state index contributed by atoms with van der Waals surface area (Å²) in [4.78, 5) is 0. The zero-order valence-corrected chi connectivity index (χ0v) is 9.80. The highest BCUT2D eigenvalue weighted by Crippen LogP contribution is 2.31. The first-order valence-electron chi connectivity index (χ1n) is 4.41. The molecule has 1 atom stereocenters. The summed E-state index contributed by atoms with van der Waals surface area (Å²) < 4.78 is 29.5. The quantitative estimate of drug-likeness (QED) is 0.744. The van der Waals surface area contributed by atoms with Gasteiger partial charge < -0.3 is 4.74 Å². The van der Waals surface area contributed by atoms with Crippen molar-refractivity contribution in [1.82, 2.24) is 0 Å². The molecule has 0 heterocycles. The Morgan fingerprint density at radius 1 is 1.47 bits per heavy atom. The first kappa shape index (κ1) is 12.2. The van der Waals surface area contributed by atoms with Crippen LogP contribution in [0.1, 0.15) is 18.4 Å². The van der Waals surface area contributed by atoms with Gasteiger partial charge in [-0.05, 0) is 18.2 Å². The van der Waals surface area contributed by atoms with Crippen LogP contribution in [-0.4, -0.2) is 6.61 Å². The van der Waals surface area contributed by atoms with Crippen LogP contribution in [-0.2, 0) is 0 Å². The van der Waals surface area contributed by atoms with Crippen molar-refractivity contribution in [3.05, 3.63) is 40.9 Å². The minimum atomic E-state index is -2.80. The Labute approximate surface area is 95.9 Å². The van der Waals surface area contributed by atoms with Crippen LogP contribution >= 0.6 is 15.9 Å². The molecule has 0 aliphatic heterocycles. The summed E-state index contributed by atoms with van der Waals surface area (Å²) in [5.74, 6) is 0.164. The zero-order chi connectivity index (χ0) is 11.4. The molecule has 0 fully saturated rings. The molecule has 15 heavy (non-hydrogen) atoms. The number of hydrogen-bond acceptors (Lipinski definition) is 1. The maximum Gasteiger partial charge on any atom is 0.387 e. The third kappa shape index (κ3) is 3.30. The average molecular weight is 277 g/mol. The third-order valence-corrected chi connectivity index (χ3v) is 2.53. The van der Waals surface area contributed by atoms with Crippen LogP contribution in [0.5, 0.6) is 5.75 Å². The number of rotatable bonds is 4. The molecule has 0 saturated heterocycles. The van der Waals surface area contributed by atoms with E-state index in [2.05, 4.69) is 27.2 Å².